The Labute approximate surface area is 291 Å². The number of unbranched alkanes of at least 4 members (excludes halogenated alkanes) is 18. The van der Waals surface area contributed by atoms with Crippen LogP contribution in [0.2, 0.25) is 0 Å². The van der Waals surface area contributed by atoms with Crippen LogP contribution in [-0.2, 0) is 12.8 Å². The summed E-state index contributed by atoms with van der Waals surface area (Å²) in [7, 11) is -2.30. The predicted molar refractivity (Wildman–Crippen MR) is 208 cm³/mol. The van der Waals surface area contributed by atoms with E-state index in [0.29, 0.717) is 11.2 Å². The molecule has 1 aromatic heterocycles. The molecule has 4 aromatic carbocycles. The topological polar surface area (TPSA) is 49.3 Å². The van der Waals surface area contributed by atoms with E-state index < -0.39 is 8.24 Å². The summed E-state index contributed by atoms with van der Waals surface area (Å²) in [6.07, 6.45) is 29.3. The maximum absolute atomic E-state index is 12.8. The Balaban J connectivity index is 1.26. The standard InChI is InChI=1S/C44H60O3P/c1-3-5-7-9-11-13-15-17-19-21-23-35-25-29-39-37(33-35)27-31-41-43(39)44-40-30-26-36(24-22-20-18-16-14-12-10-8-6-4-2)34-38(40)28-32-42(44)47-48(45)46-41/h25-34H,3-24H2,1-2H3/q-1. The van der Waals surface area contributed by atoms with Gasteiger partial charge in [0.05, 0.1) is 0 Å². The van der Waals surface area contributed by atoms with Crippen molar-refractivity contribution in [2.24, 2.45) is 0 Å². The minimum absolute atomic E-state index is 0.631. The van der Waals surface area contributed by atoms with Gasteiger partial charge in [-0.15, -0.1) is 0 Å². The van der Waals surface area contributed by atoms with Crippen LogP contribution in [0.15, 0.2) is 69.1 Å². The summed E-state index contributed by atoms with van der Waals surface area (Å²) in [5.41, 5.74) is 4.03. The van der Waals surface area contributed by atoms with Crippen molar-refractivity contribution in [3.63, 3.8) is 0 Å². The third-order valence-electron chi connectivity index (χ3n) is 10.3. The summed E-state index contributed by atoms with van der Waals surface area (Å²) in [6.45, 7) is 4.57. The number of hydrogen-bond acceptors (Lipinski definition) is 3. The van der Waals surface area contributed by atoms with Gasteiger partial charge in [0, 0.05) is 10.8 Å². The zero-order chi connectivity index (χ0) is 33.4. The van der Waals surface area contributed by atoms with Crippen molar-refractivity contribution in [2.75, 3.05) is 0 Å². The van der Waals surface area contributed by atoms with Gasteiger partial charge in [0.2, 0.25) is 0 Å². The first-order valence-electron chi connectivity index (χ1n) is 19.6. The van der Waals surface area contributed by atoms with E-state index in [1.165, 1.54) is 150 Å². The zero-order valence-corrected chi connectivity index (χ0v) is 30.9. The van der Waals surface area contributed by atoms with Crippen LogP contribution in [0, 0.1) is 0 Å². The predicted octanol–water partition coefficient (Wildman–Crippen LogP) is 14.6. The van der Waals surface area contributed by atoms with Crippen molar-refractivity contribution >= 4 is 51.7 Å². The molecular weight excluding hydrogens is 607 g/mol. The number of fused-ring (bicyclic) bond motifs is 7. The van der Waals surface area contributed by atoms with Crippen LogP contribution < -0.4 is 4.89 Å². The highest BCUT2D eigenvalue weighted by atomic mass is 31.1. The number of aryl methyl sites for hydroxylation is 2. The van der Waals surface area contributed by atoms with E-state index in [1.54, 1.807) is 0 Å². The fraction of sp³-hybridized carbons (Fsp3) is 0.545. The molecule has 4 heteroatoms. The summed E-state index contributed by atoms with van der Waals surface area (Å²) < 4.78 is 11.8. The van der Waals surface area contributed by atoms with Crippen LogP contribution in [0.5, 0.6) is 0 Å². The Morgan fingerprint density at radius 3 is 1.17 bits per heavy atom. The van der Waals surface area contributed by atoms with Gasteiger partial charge < -0.3 is 13.3 Å². The molecule has 0 saturated carbocycles. The Hall–Kier alpha value is -2.74. The number of hydrogen-bond donors (Lipinski definition) is 0. The molecule has 0 unspecified atom stereocenters. The van der Waals surface area contributed by atoms with Gasteiger partial charge in [-0.2, -0.15) is 0 Å². The van der Waals surface area contributed by atoms with E-state index in [9.17, 15) is 4.89 Å². The summed E-state index contributed by atoms with van der Waals surface area (Å²) in [5.74, 6) is 0. The number of benzene rings is 4. The lowest BCUT2D eigenvalue weighted by molar-refractivity contribution is -0.170. The van der Waals surface area contributed by atoms with Crippen LogP contribution in [0.3, 0.4) is 0 Å². The lowest BCUT2D eigenvalue weighted by Gasteiger charge is -2.09. The van der Waals surface area contributed by atoms with E-state index in [0.717, 1.165) is 34.4 Å². The Morgan fingerprint density at radius 2 is 0.792 bits per heavy atom. The third kappa shape index (κ3) is 10.6. The second-order valence-corrected chi connectivity index (χ2v) is 15.1. The molecule has 0 saturated heterocycles. The molecule has 48 heavy (non-hydrogen) atoms. The van der Waals surface area contributed by atoms with Crippen LogP contribution in [0.25, 0.3) is 43.5 Å². The Morgan fingerprint density at radius 1 is 0.438 bits per heavy atom. The Bertz CT molecular complexity index is 1610. The highest BCUT2D eigenvalue weighted by molar-refractivity contribution is 7.28. The number of rotatable bonds is 22. The molecule has 0 spiro atoms. The molecule has 260 valence electrons. The lowest BCUT2D eigenvalue weighted by atomic mass is 9.95. The van der Waals surface area contributed by atoms with Crippen molar-refractivity contribution < 1.29 is 13.3 Å². The monoisotopic (exact) mass is 667 g/mol. The first-order valence-corrected chi connectivity index (χ1v) is 20.7. The van der Waals surface area contributed by atoms with Gasteiger partial charge in [0.25, 0.3) is 0 Å². The molecule has 0 radical (unpaired) electrons. The van der Waals surface area contributed by atoms with Crippen molar-refractivity contribution in [1.29, 1.82) is 0 Å². The van der Waals surface area contributed by atoms with Crippen LogP contribution in [0.4, 0.5) is 0 Å². The summed E-state index contributed by atoms with van der Waals surface area (Å²) in [4.78, 5) is 12.8. The quantitative estimate of drug-likeness (QED) is 0.0690. The summed E-state index contributed by atoms with van der Waals surface area (Å²) in [6, 6.07) is 21.9. The molecule has 0 aliphatic rings. The molecule has 0 amide bonds. The Kier molecular flexibility index (Phi) is 15.3. The smallest absolute Gasteiger partial charge is 0.141 e. The van der Waals surface area contributed by atoms with E-state index in [2.05, 4.69) is 62.4 Å². The largest absolute Gasteiger partial charge is 0.751 e. The fourth-order valence-corrected chi connectivity index (χ4v) is 8.17. The van der Waals surface area contributed by atoms with Crippen molar-refractivity contribution in [3.8, 4) is 0 Å². The maximum atomic E-state index is 12.8. The summed E-state index contributed by atoms with van der Waals surface area (Å²) >= 11 is 0. The molecule has 5 aromatic rings. The van der Waals surface area contributed by atoms with Crippen molar-refractivity contribution in [1.82, 2.24) is 0 Å². The molecule has 0 N–H and O–H groups in total. The van der Waals surface area contributed by atoms with E-state index in [1.807, 2.05) is 12.1 Å². The molecular formula is C44H60O3P-. The third-order valence-corrected chi connectivity index (χ3v) is 11.0. The molecule has 0 aliphatic heterocycles. The molecule has 0 bridgehead atoms. The molecule has 0 fully saturated rings. The SMILES string of the molecule is CCCCCCCCCCCCc1ccc2c(ccc3op([O-])oc4ccc5cc(CCCCCCCCCCCC)ccc5c4c32)c1. The first kappa shape index (κ1) is 36.5. The van der Waals surface area contributed by atoms with Crippen molar-refractivity contribution in [2.45, 2.75) is 155 Å². The minimum Gasteiger partial charge on any atom is -0.751 e. The molecule has 0 atom stereocenters. The average Bonchev–Trinajstić information content (AvgIpc) is 3.25. The highest BCUT2D eigenvalue weighted by Crippen LogP contribution is 2.39. The normalized spacial score (nSPS) is 11.8. The van der Waals surface area contributed by atoms with Gasteiger partial charge >= 0.3 is 0 Å². The second kappa shape index (κ2) is 20.1. The maximum Gasteiger partial charge on any atom is 0.141 e. The van der Waals surface area contributed by atoms with Crippen LogP contribution >= 0.6 is 8.24 Å². The van der Waals surface area contributed by atoms with E-state index in [-0.39, 0.29) is 0 Å². The van der Waals surface area contributed by atoms with Crippen LogP contribution in [0.1, 0.15) is 153 Å². The van der Waals surface area contributed by atoms with Gasteiger partial charge in [0.15, 0.2) is 0 Å². The summed E-state index contributed by atoms with van der Waals surface area (Å²) in [5, 5.41) is 6.61. The van der Waals surface area contributed by atoms with Crippen molar-refractivity contribution in [3.05, 3.63) is 71.8 Å². The van der Waals surface area contributed by atoms with Crippen LogP contribution in [-0.4, -0.2) is 0 Å². The fourth-order valence-electron chi connectivity index (χ4n) is 7.51. The average molecular weight is 668 g/mol. The van der Waals surface area contributed by atoms with Gasteiger partial charge in [-0.05, 0) is 70.5 Å². The van der Waals surface area contributed by atoms with Gasteiger partial charge in [-0.3, -0.25) is 0 Å². The molecule has 5 rings (SSSR count). The highest BCUT2D eigenvalue weighted by Gasteiger charge is 2.12. The molecule has 3 nitrogen and oxygen atoms in total. The van der Waals surface area contributed by atoms with Gasteiger partial charge in [0.1, 0.15) is 19.4 Å². The van der Waals surface area contributed by atoms with Gasteiger partial charge in [-0.25, -0.2) is 0 Å². The minimum atomic E-state index is -2.30. The zero-order valence-electron chi connectivity index (χ0n) is 30.0. The first-order chi connectivity index (χ1) is 23.7. The molecule has 0 aliphatic carbocycles. The lowest BCUT2D eigenvalue weighted by Crippen LogP contribution is -1.89. The van der Waals surface area contributed by atoms with Gasteiger partial charge in [-0.1, -0.05) is 178 Å². The van der Waals surface area contributed by atoms with E-state index in [4.69, 9.17) is 8.39 Å². The van der Waals surface area contributed by atoms with E-state index >= 15 is 0 Å². The second-order valence-electron chi connectivity index (χ2n) is 14.3. The molecule has 1 heterocycles.